The first-order valence-electron chi connectivity index (χ1n) is 10.5. The Bertz CT molecular complexity index is 1070. The van der Waals surface area contributed by atoms with Crippen molar-refractivity contribution in [2.75, 3.05) is 11.4 Å². The SMILES string of the molecule is O=C1C(c2ccc(Cl)cc2Cl)=C(N2CCc3ccccc32)C(=O)N1C1CCCCC1. The summed E-state index contributed by atoms with van der Waals surface area (Å²) in [6, 6.07) is 13.1. The Balaban J connectivity index is 1.66. The van der Waals surface area contributed by atoms with Gasteiger partial charge in [-0.15, -0.1) is 0 Å². The topological polar surface area (TPSA) is 40.6 Å². The average Bonchev–Trinajstić information content (AvgIpc) is 3.27. The summed E-state index contributed by atoms with van der Waals surface area (Å²) in [7, 11) is 0. The summed E-state index contributed by atoms with van der Waals surface area (Å²) in [5.74, 6) is -0.444. The van der Waals surface area contributed by atoms with Crippen molar-refractivity contribution in [1.82, 2.24) is 4.90 Å². The number of anilines is 1. The predicted molar refractivity (Wildman–Crippen MR) is 120 cm³/mol. The molecule has 0 unspecified atom stereocenters. The molecule has 0 radical (unpaired) electrons. The van der Waals surface area contributed by atoms with Crippen LogP contribution in [0.5, 0.6) is 0 Å². The number of benzene rings is 2. The minimum absolute atomic E-state index is 0.0461. The standard InChI is InChI=1S/C24H22Cl2N2O2/c25-16-10-11-18(19(26)14-16)21-22(27-13-12-15-6-4-5-9-20(15)27)24(30)28(23(21)29)17-7-2-1-3-8-17/h4-6,9-11,14,17H,1-3,7-8,12-13H2. The van der Waals surface area contributed by atoms with E-state index >= 15 is 0 Å². The van der Waals surface area contributed by atoms with E-state index in [1.54, 1.807) is 18.2 Å². The fourth-order valence-corrected chi connectivity index (χ4v) is 5.46. The minimum Gasteiger partial charge on any atom is -0.336 e. The smallest absolute Gasteiger partial charge is 0.278 e. The van der Waals surface area contributed by atoms with Crippen LogP contribution in [-0.2, 0) is 16.0 Å². The predicted octanol–water partition coefficient (Wildman–Crippen LogP) is 5.47. The van der Waals surface area contributed by atoms with Gasteiger partial charge < -0.3 is 4.90 Å². The zero-order valence-electron chi connectivity index (χ0n) is 16.5. The maximum absolute atomic E-state index is 13.7. The van der Waals surface area contributed by atoms with E-state index in [1.807, 2.05) is 23.1 Å². The highest BCUT2D eigenvalue weighted by Gasteiger charge is 2.46. The first kappa shape index (κ1) is 19.7. The van der Waals surface area contributed by atoms with Gasteiger partial charge in [0.1, 0.15) is 5.70 Å². The molecule has 2 aromatic carbocycles. The average molecular weight is 441 g/mol. The van der Waals surface area contributed by atoms with E-state index in [0.29, 0.717) is 33.4 Å². The Labute approximate surface area is 186 Å². The van der Waals surface area contributed by atoms with Crippen molar-refractivity contribution in [1.29, 1.82) is 0 Å². The van der Waals surface area contributed by atoms with E-state index in [0.717, 1.165) is 44.2 Å². The first-order valence-corrected chi connectivity index (χ1v) is 11.2. The molecule has 2 amide bonds. The number of carbonyl (C=O) groups excluding carboxylic acids is 2. The van der Waals surface area contributed by atoms with Gasteiger partial charge in [0.25, 0.3) is 11.8 Å². The fraction of sp³-hybridized carbons (Fsp3) is 0.333. The summed E-state index contributed by atoms with van der Waals surface area (Å²) in [4.78, 5) is 30.9. The van der Waals surface area contributed by atoms with Crippen molar-refractivity contribution < 1.29 is 9.59 Å². The summed E-state index contributed by atoms with van der Waals surface area (Å²) in [6.07, 6.45) is 5.81. The van der Waals surface area contributed by atoms with E-state index < -0.39 is 0 Å². The molecule has 0 saturated heterocycles. The van der Waals surface area contributed by atoms with Crippen molar-refractivity contribution in [2.45, 2.75) is 44.6 Å². The highest BCUT2D eigenvalue weighted by molar-refractivity contribution is 6.42. The van der Waals surface area contributed by atoms with Crippen LogP contribution < -0.4 is 4.90 Å². The zero-order chi connectivity index (χ0) is 20.8. The molecule has 3 aliphatic rings. The Morgan fingerprint density at radius 2 is 1.67 bits per heavy atom. The van der Waals surface area contributed by atoms with Crippen LogP contribution in [-0.4, -0.2) is 29.3 Å². The normalized spacial score (nSPS) is 19.8. The van der Waals surface area contributed by atoms with Gasteiger partial charge in [-0.2, -0.15) is 0 Å². The van der Waals surface area contributed by atoms with Gasteiger partial charge in [-0.1, -0.05) is 66.7 Å². The summed E-state index contributed by atoms with van der Waals surface area (Å²) in [5.41, 5.74) is 3.57. The van der Waals surface area contributed by atoms with Crippen LogP contribution in [0.15, 0.2) is 48.2 Å². The fourth-order valence-electron chi connectivity index (χ4n) is 4.96. The van der Waals surface area contributed by atoms with Gasteiger partial charge in [-0.3, -0.25) is 14.5 Å². The van der Waals surface area contributed by atoms with Crippen LogP contribution in [0.3, 0.4) is 0 Å². The second-order valence-electron chi connectivity index (χ2n) is 8.15. The Morgan fingerprint density at radius 1 is 0.900 bits per heavy atom. The van der Waals surface area contributed by atoms with Gasteiger partial charge in [0, 0.05) is 28.9 Å². The molecule has 6 heteroatoms. The van der Waals surface area contributed by atoms with E-state index in [4.69, 9.17) is 23.2 Å². The third-order valence-corrected chi connectivity index (χ3v) is 6.94. The molecule has 0 aromatic heterocycles. The second kappa shape index (κ2) is 7.75. The molecule has 5 rings (SSSR count). The van der Waals surface area contributed by atoms with Gasteiger partial charge >= 0.3 is 0 Å². The van der Waals surface area contributed by atoms with Gasteiger partial charge in [-0.25, -0.2) is 0 Å². The molecule has 0 N–H and O–H groups in total. The van der Waals surface area contributed by atoms with Gasteiger partial charge in [-0.05, 0) is 43.0 Å². The van der Waals surface area contributed by atoms with E-state index in [2.05, 4.69) is 6.07 Å². The highest BCUT2D eigenvalue weighted by atomic mass is 35.5. The van der Waals surface area contributed by atoms with Gasteiger partial charge in [0.2, 0.25) is 0 Å². The lowest BCUT2D eigenvalue weighted by Crippen LogP contribution is -2.43. The van der Waals surface area contributed by atoms with Crippen molar-refractivity contribution in [2.24, 2.45) is 0 Å². The Kier molecular flexibility index (Phi) is 5.08. The summed E-state index contributed by atoms with van der Waals surface area (Å²) in [6.45, 7) is 0.668. The zero-order valence-corrected chi connectivity index (χ0v) is 18.0. The number of halogens is 2. The first-order chi connectivity index (χ1) is 14.6. The van der Waals surface area contributed by atoms with Crippen LogP contribution in [0, 0.1) is 0 Å². The molecule has 1 fully saturated rings. The summed E-state index contributed by atoms with van der Waals surface area (Å²) in [5, 5.41) is 0.882. The quantitative estimate of drug-likeness (QED) is 0.594. The molecule has 0 spiro atoms. The molecule has 154 valence electrons. The largest absolute Gasteiger partial charge is 0.336 e. The molecule has 2 heterocycles. The molecule has 1 saturated carbocycles. The number of hydrogen-bond acceptors (Lipinski definition) is 3. The molecular formula is C24H22Cl2N2O2. The summed E-state index contributed by atoms with van der Waals surface area (Å²) >= 11 is 12.6. The number of para-hydroxylation sites is 1. The number of fused-ring (bicyclic) bond motifs is 1. The molecular weight excluding hydrogens is 419 g/mol. The maximum atomic E-state index is 13.7. The number of amides is 2. The molecule has 2 aromatic rings. The van der Waals surface area contributed by atoms with Crippen molar-refractivity contribution in [3.05, 3.63) is 69.3 Å². The van der Waals surface area contributed by atoms with Crippen LogP contribution >= 0.6 is 23.2 Å². The summed E-state index contributed by atoms with van der Waals surface area (Å²) < 4.78 is 0. The van der Waals surface area contributed by atoms with Crippen LogP contribution in [0.4, 0.5) is 5.69 Å². The number of hydrogen-bond donors (Lipinski definition) is 0. The third kappa shape index (κ3) is 3.14. The Hall–Kier alpha value is -2.30. The number of imide groups is 1. The van der Waals surface area contributed by atoms with Gasteiger partial charge in [0.15, 0.2) is 0 Å². The monoisotopic (exact) mass is 440 g/mol. The third-order valence-electron chi connectivity index (χ3n) is 6.39. The second-order valence-corrected chi connectivity index (χ2v) is 8.99. The van der Waals surface area contributed by atoms with Crippen molar-refractivity contribution in [3.8, 4) is 0 Å². The molecule has 2 aliphatic heterocycles. The maximum Gasteiger partial charge on any atom is 0.278 e. The minimum atomic E-state index is -0.240. The van der Waals surface area contributed by atoms with Crippen molar-refractivity contribution in [3.63, 3.8) is 0 Å². The molecule has 4 nitrogen and oxygen atoms in total. The van der Waals surface area contributed by atoms with Crippen LogP contribution in [0.2, 0.25) is 10.0 Å². The highest BCUT2D eigenvalue weighted by Crippen LogP contribution is 2.42. The lowest BCUT2D eigenvalue weighted by Gasteiger charge is -2.30. The number of carbonyl (C=O) groups is 2. The molecule has 30 heavy (non-hydrogen) atoms. The van der Waals surface area contributed by atoms with E-state index in [-0.39, 0.29) is 17.9 Å². The molecule has 1 aliphatic carbocycles. The number of rotatable bonds is 3. The van der Waals surface area contributed by atoms with E-state index in [9.17, 15) is 9.59 Å². The van der Waals surface area contributed by atoms with E-state index in [1.165, 1.54) is 10.5 Å². The Morgan fingerprint density at radius 3 is 2.43 bits per heavy atom. The molecule has 0 bridgehead atoms. The number of nitrogens with zero attached hydrogens (tertiary/aromatic N) is 2. The lowest BCUT2D eigenvalue weighted by molar-refractivity contribution is -0.140. The van der Waals surface area contributed by atoms with Crippen molar-refractivity contribution >= 4 is 46.3 Å². The van der Waals surface area contributed by atoms with Crippen LogP contribution in [0.1, 0.15) is 43.2 Å². The molecule has 0 atom stereocenters. The lowest BCUT2D eigenvalue weighted by atomic mass is 9.94. The van der Waals surface area contributed by atoms with Crippen LogP contribution in [0.25, 0.3) is 5.57 Å². The van der Waals surface area contributed by atoms with Gasteiger partial charge in [0.05, 0.1) is 10.6 Å².